The second-order valence-corrected chi connectivity index (χ2v) is 3.60. The molecule has 0 aliphatic rings. The van der Waals surface area contributed by atoms with E-state index < -0.39 is 23.2 Å². The van der Waals surface area contributed by atoms with Crippen molar-refractivity contribution in [2.24, 2.45) is 0 Å². The summed E-state index contributed by atoms with van der Waals surface area (Å²) in [6.07, 6.45) is 1.45. The number of carbonyl (C=O) groups is 1. The molecule has 0 atom stereocenters. The van der Waals surface area contributed by atoms with Gasteiger partial charge in [-0.2, -0.15) is 5.26 Å². The first-order valence-electron chi connectivity index (χ1n) is 5.35. The number of hydrogen-bond donors (Lipinski definition) is 1. The number of benzene rings is 1. The summed E-state index contributed by atoms with van der Waals surface area (Å²) in [4.78, 5) is 11.4. The fourth-order valence-corrected chi connectivity index (χ4v) is 1.27. The highest BCUT2D eigenvalue weighted by Gasteiger charge is 2.16. The molecule has 2 N–H and O–H groups in total. The summed E-state index contributed by atoms with van der Waals surface area (Å²) in [5.41, 5.74) is 4.30. The molecule has 0 aliphatic carbocycles. The van der Waals surface area contributed by atoms with E-state index in [2.05, 4.69) is 0 Å². The number of ether oxygens (including phenoxy) is 1. The van der Waals surface area contributed by atoms with Gasteiger partial charge in [-0.05, 0) is 18.9 Å². The number of halogens is 2. The number of nitrogens with two attached hydrogens (primary N) is 1. The average Bonchev–Trinajstić information content (AvgIpc) is 2.33. The minimum absolute atomic E-state index is 0.0615. The Morgan fingerprint density at radius 2 is 2.06 bits per heavy atom. The standard InChI is InChI=1S/C12H12F2N2O2/c13-9-7-11(16)10(14)6-8(9)12(17)18-5-3-1-2-4-15/h6-7H,1-3,5,16H2. The van der Waals surface area contributed by atoms with Crippen molar-refractivity contribution in [3.05, 3.63) is 29.3 Å². The fourth-order valence-electron chi connectivity index (χ4n) is 1.27. The highest BCUT2D eigenvalue weighted by molar-refractivity contribution is 5.90. The van der Waals surface area contributed by atoms with Crippen LogP contribution in [-0.4, -0.2) is 12.6 Å². The predicted octanol–water partition coefficient (Wildman–Crippen LogP) is 2.40. The molecule has 1 aromatic rings. The molecule has 1 rings (SSSR count). The maximum Gasteiger partial charge on any atom is 0.341 e. The molecule has 0 radical (unpaired) electrons. The zero-order valence-electron chi connectivity index (χ0n) is 9.58. The third kappa shape index (κ3) is 3.70. The Bertz CT molecular complexity index is 484. The minimum Gasteiger partial charge on any atom is -0.462 e. The Kier molecular flexibility index (Phi) is 5.06. The van der Waals surface area contributed by atoms with Gasteiger partial charge in [0.15, 0.2) is 0 Å². The van der Waals surface area contributed by atoms with Crippen LogP contribution in [0, 0.1) is 23.0 Å². The van der Waals surface area contributed by atoms with Crippen LogP contribution in [0.25, 0.3) is 0 Å². The molecule has 0 fully saturated rings. The number of nitrogen functional groups attached to an aromatic ring is 1. The summed E-state index contributed by atoms with van der Waals surface area (Å²) < 4.78 is 31.1. The maximum absolute atomic E-state index is 13.3. The van der Waals surface area contributed by atoms with Gasteiger partial charge >= 0.3 is 5.97 Å². The predicted molar refractivity (Wildman–Crippen MR) is 60.5 cm³/mol. The third-order valence-electron chi connectivity index (χ3n) is 2.22. The molecule has 0 unspecified atom stereocenters. The molecule has 1 aromatic carbocycles. The molecule has 0 aliphatic heterocycles. The van der Waals surface area contributed by atoms with Crippen LogP contribution in [0.5, 0.6) is 0 Å². The van der Waals surface area contributed by atoms with E-state index >= 15 is 0 Å². The summed E-state index contributed by atoms with van der Waals surface area (Å²) in [6, 6.07) is 3.39. The van der Waals surface area contributed by atoms with Crippen LogP contribution in [0.2, 0.25) is 0 Å². The van der Waals surface area contributed by atoms with E-state index in [-0.39, 0.29) is 12.3 Å². The highest BCUT2D eigenvalue weighted by Crippen LogP contribution is 2.17. The number of esters is 1. The number of hydrogen-bond acceptors (Lipinski definition) is 4. The molecular weight excluding hydrogens is 242 g/mol. The van der Waals surface area contributed by atoms with E-state index in [0.717, 1.165) is 6.07 Å². The summed E-state index contributed by atoms with van der Waals surface area (Å²) in [7, 11) is 0. The van der Waals surface area contributed by atoms with Crippen LogP contribution in [0.4, 0.5) is 14.5 Å². The van der Waals surface area contributed by atoms with E-state index in [9.17, 15) is 13.6 Å². The first-order chi connectivity index (χ1) is 8.56. The summed E-state index contributed by atoms with van der Waals surface area (Å²) >= 11 is 0. The van der Waals surface area contributed by atoms with Gasteiger partial charge in [0.05, 0.1) is 23.9 Å². The lowest BCUT2D eigenvalue weighted by Gasteiger charge is -2.06. The van der Waals surface area contributed by atoms with Crippen LogP contribution < -0.4 is 5.73 Å². The van der Waals surface area contributed by atoms with Gasteiger partial charge in [-0.3, -0.25) is 0 Å². The van der Waals surface area contributed by atoms with E-state index in [1.165, 1.54) is 0 Å². The molecule has 96 valence electrons. The van der Waals surface area contributed by atoms with Gasteiger partial charge in [0, 0.05) is 12.5 Å². The lowest BCUT2D eigenvalue weighted by Crippen LogP contribution is -2.10. The number of nitriles is 1. The molecule has 0 bridgehead atoms. The van der Waals surface area contributed by atoms with Gasteiger partial charge in [0.25, 0.3) is 0 Å². The van der Waals surface area contributed by atoms with Crippen LogP contribution in [0.15, 0.2) is 12.1 Å². The number of rotatable bonds is 5. The first-order valence-corrected chi connectivity index (χ1v) is 5.35. The van der Waals surface area contributed by atoms with Gasteiger partial charge in [0.1, 0.15) is 11.6 Å². The lowest BCUT2D eigenvalue weighted by atomic mass is 10.2. The van der Waals surface area contributed by atoms with E-state index in [1.54, 1.807) is 0 Å². The molecule has 0 aromatic heterocycles. The van der Waals surface area contributed by atoms with Crippen molar-refractivity contribution >= 4 is 11.7 Å². The maximum atomic E-state index is 13.3. The summed E-state index contributed by atoms with van der Waals surface area (Å²) in [6.45, 7) is 0.0615. The SMILES string of the molecule is N#CCCCCOC(=O)c1cc(F)c(N)cc1F. The molecule has 0 saturated heterocycles. The van der Waals surface area contributed by atoms with Crippen molar-refractivity contribution in [1.29, 1.82) is 5.26 Å². The van der Waals surface area contributed by atoms with Gasteiger partial charge in [-0.25, -0.2) is 13.6 Å². The Labute approximate surface area is 103 Å². The smallest absolute Gasteiger partial charge is 0.341 e. The number of nitrogens with zero attached hydrogens (tertiary/aromatic N) is 1. The van der Waals surface area contributed by atoms with Gasteiger partial charge < -0.3 is 10.5 Å². The minimum atomic E-state index is -0.941. The molecule has 6 heteroatoms. The van der Waals surface area contributed by atoms with E-state index in [1.807, 2.05) is 6.07 Å². The second kappa shape index (κ2) is 6.55. The molecule has 18 heavy (non-hydrogen) atoms. The van der Waals surface area contributed by atoms with Gasteiger partial charge in [-0.15, -0.1) is 0 Å². The van der Waals surface area contributed by atoms with Crippen LogP contribution >= 0.6 is 0 Å². The van der Waals surface area contributed by atoms with Crippen molar-refractivity contribution in [2.45, 2.75) is 19.3 Å². The van der Waals surface area contributed by atoms with Crippen LogP contribution in [0.3, 0.4) is 0 Å². The average molecular weight is 254 g/mol. The quantitative estimate of drug-likeness (QED) is 0.497. The van der Waals surface area contributed by atoms with Crippen molar-refractivity contribution in [2.75, 3.05) is 12.3 Å². The fraction of sp³-hybridized carbons (Fsp3) is 0.333. The first kappa shape index (κ1) is 13.9. The zero-order valence-corrected chi connectivity index (χ0v) is 9.58. The molecule has 0 saturated carbocycles. The molecule has 4 nitrogen and oxygen atoms in total. The highest BCUT2D eigenvalue weighted by atomic mass is 19.1. The zero-order chi connectivity index (χ0) is 13.5. The lowest BCUT2D eigenvalue weighted by molar-refractivity contribution is 0.0493. The van der Waals surface area contributed by atoms with Crippen LogP contribution in [-0.2, 0) is 4.74 Å². The molecule has 0 amide bonds. The van der Waals surface area contributed by atoms with Crippen molar-refractivity contribution in [3.8, 4) is 6.07 Å². The number of carbonyl (C=O) groups excluding carboxylic acids is 1. The summed E-state index contributed by atoms with van der Waals surface area (Å²) in [5, 5.41) is 8.28. The molecule has 0 spiro atoms. The van der Waals surface area contributed by atoms with Gasteiger partial charge in [-0.1, -0.05) is 0 Å². The van der Waals surface area contributed by atoms with Gasteiger partial charge in [0.2, 0.25) is 0 Å². The van der Waals surface area contributed by atoms with Crippen molar-refractivity contribution in [3.63, 3.8) is 0 Å². The van der Waals surface area contributed by atoms with Crippen molar-refractivity contribution in [1.82, 2.24) is 0 Å². The van der Waals surface area contributed by atoms with E-state index in [0.29, 0.717) is 25.3 Å². The Morgan fingerprint density at radius 1 is 1.33 bits per heavy atom. The third-order valence-corrected chi connectivity index (χ3v) is 2.22. The Hall–Kier alpha value is -2.16. The largest absolute Gasteiger partial charge is 0.462 e. The van der Waals surface area contributed by atoms with Crippen molar-refractivity contribution < 1.29 is 18.3 Å². The number of anilines is 1. The Balaban J connectivity index is 2.57. The topological polar surface area (TPSA) is 76.1 Å². The normalized spacial score (nSPS) is 9.83. The monoisotopic (exact) mass is 254 g/mol. The van der Waals surface area contributed by atoms with E-state index in [4.69, 9.17) is 15.7 Å². The van der Waals surface area contributed by atoms with Crippen LogP contribution in [0.1, 0.15) is 29.6 Å². The Morgan fingerprint density at radius 3 is 2.72 bits per heavy atom. The molecule has 0 heterocycles. The second-order valence-electron chi connectivity index (χ2n) is 3.60. The summed E-state index contributed by atoms with van der Waals surface area (Å²) in [5.74, 6) is -2.73. The molecular formula is C12H12F2N2O2. The number of unbranched alkanes of at least 4 members (excludes halogenated alkanes) is 2.